The van der Waals surface area contributed by atoms with E-state index in [-0.39, 0.29) is 5.60 Å². The number of benzene rings is 1. The van der Waals surface area contributed by atoms with Crippen molar-refractivity contribution < 1.29 is 4.74 Å². The van der Waals surface area contributed by atoms with Crippen molar-refractivity contribution in [1.82, 2.24) is 5.32 Å². The van der Waals surface area contributed by atoms with Gasteiger partial charge in [-0.1, -0.05) is 41.1 Å². The van der Waals surface area contributed by atoms with E-state index in [0.717, 1.165) is 30.6 Å². The normalized spacial score (nSPS) is 17.2. The first-order valence-electron chi connectivity index (χ1n) is 7.34. The number of nitrogens with one attached hydrogen (secondary N) is 1. The molecule has 0 unspecified atom stereocenters. The molecule has 3 heteroatoms. The highest BCUT2D eigenvalue weighted by molar-refractivity contribution is 9.10. The number of ether oxygens (including phenoxy) is 1. The van der Waals surface area contributed by atoms with E-state index in [2.05, 4.69) is 46.4 Å². The second-order valence-corrected chi connectivity index (χ2v) is 6.27. The van der Waals surface area contributed by atoms with Crippen LogP contribution in [-0.4, -0.2) is 18.7 Å². The summed E-state index contributed by atoms with van der Waals surface area (Å²) in [5.74, 6) is 0. The SMILES string of the molecule is CCCNCCC1(OCc2ccccc2Br)CCC1. The molecule has 106 valence electrons. The fraction of sp³-hybridized carbons (Fsp3) is 0.625. The summed E-state index contributed by atoms with van der Waals surface area (Å²) in [6, 6.07) is 8.32. The third-order valence-corrected chi connectivity index (χ3v) is 4.71. The maximum Gasteiger partial charge on any atom is 0.0735 e. The van der Waals surface area contributed by atoms with Crippen molar-refractivity contribution in [2.45, 2.75) is 51.2 Å². The summed E-state index contributed by atoms with van der Waals surface area (Å²) in [7, 11) is 0. The zero-order chi connectivity index (χ0) is 13.6. The average Bonchev–Trinajstić information content (AvgIpc) is 2.38. The Morgan fingerprint density at radius 2 is 2.05 bits per heavy atom. The zero-order valence-corrected chi connectivity index (χ0v) is 13.3. The summed E-state index contributed by atoms with van der Waals surface area (Å²) in [4.78, 5) is 0. The molecule has 1 aromatic rings. The average molecular weight is 326 g/mol. The van der Waals surface area contributed by atoms with Crippen LogP contribution in [0.2, 0.25) is 0 Å². The summed E-state index contributed by atoms with van der Waals surface area (Å²) in [5.41, 5.74) is 1.38. The van der Waals surface area contributed by atoms with Gasteiger partial charge in [0.25, 0.3) is 0 Å². The van der Waals surface area contributed by atoms with Crippen LogP contribution < -0.4 is 5.32 Å². The van der Waals surface area contributed by atoms with Crippen LogP contribution in [0.3, 0.4) is 0 Å². The molecule has 0 bridgehead atoms. The van der Waals surface area contributed by atoms with Gasteiger partial charge >= 0.3 is 0 Å². The Morgan fingerprint density at radius 3 is 2.68 bits per heavy atom. The predicted octanol–water partition coefficient (Wildman–Crippen LogP) is 4.28. The lowest BCUT2D eigenvalue weighted by molar-refractivity contribution is -0.114. The standard InChI is InChI=1S/C16H24BrNO/c1-2-11-18-12-10-16(8-5-9-16)19-13-14-6-3-4-7-15(14)17/h3-4,6-7,18H,2,5,8-13H2,1H3. The molecule has 0 heterocycles. The van der Waals surface area contributed by atoms with E-state index in [9.17, 15) is 0 Å². The Kier molecular flexibility index (Phi) is 5.86. The van der Waals surface area contributed by atoms with Crippen molar-refractivity contribution in [1.29, 1.82) is 0 Å². The molecule has 1 aromatic carbocycles. The van der Waals surface area contributed by atoms with Gasteiger partial charge in [0, 0.05) is 4.47 Å². The molecule has 0 radical (unpaired) electrons. The molecule has 2 nitrogen and oxygen atoms in total. The van der Waals surface area contributed by atoms with E-state index < -0.39 is 0 Å². The van der Waals surface area contributed by atoms with E-state index in [1.165, 1.54) is 31.2 Å². The maximum atomic E-state index is 6.24. The van der Waals surface area contributed by atoms with Gasteiger partial charge in [-0.05, 0) is 56.8 Å². The Bertz CT molecular complexity index is 390. The van der Waals surface area contributed by atoms with Gasteiger partial charge in [-0.25, -0.2) is 0 Å². The van der Waals surface area contributed by atoms with Gasteiger partial charge in [-0.3, -0.25) is 0 Å². The van der Waals surface area contributed by atoms with E-state index in [1.807, 2.05) is 6.07 Å². The van der Waals surface area contributed by atoms with Crippen LogP contribution in [-0.2, 0) is 11.3 Å². The minimum absolute atomic E-state index is 0.135. The molecule has 0 saturated heterocycles. The van der Waals surface area contributed by atoms with Crippen LogP contribution in [0.15, 0.2) is 28.7 Å². The fourth-order valence-electron chi connectivity index (χ4n) is 2.50. The summed E-state index contributed by atoms with van der Waals surface area (Å²) in [5, 5.41) is 3.48. The van der Waals surface area contributed by atoms with Crippen LogP contribution in [0.1, 0.15) is 44.6 Å². The van der Waals surface area contributed by atoms with Crippen molar-refractivity contribution in [3.05, 3.63) is 34.3 Å². The van der Waals surface area contributed by atoms with Gasteiger partial charge in [0.2, 0.25) is 0 Å². The lowest BCUT2D eigenvalue weighted by Crippen LogP contribution is -2.42. The summed E-state index contributed by atoms with van der Waals surface area (Å²) in [6.45, 7) is 5.11. The molecule has 1 saturated carbocycles. The molecule has 0 aromatic heterocycles. The molecule has 0 aliphatic heterocycles. The molecule has 1 fully saturated rings. The fourth-order valence-corrected chi connectivity index (χ4v) is 2.90. The Hall–Kier alpha value is -0.380. The Labute approximate surface area is 125 Å². The van der Waals surface area contributed by atoms with Crippen molar-refractivity contribution in [3.8, 4) is 0 Å². The molecule has 19 heavy (non-hydrogen) atoms. The van der Waals surface area contributed by atoms with Crippen LogP contribution in [0.5, 0.6) is 0 Å². The largest absolute Gasteiger partial charge is 0.370 e. The monoisotopic (exact) mass is 325 g/mol. The molecular formula is C16H24BrNO. The minimum atomic E-state index is 0.135. The number of halogens is 1. The maximum absolute atomic E-state index is 6.24. The molecule has 1 aliphatic carbocycles. The Morgan fingerprint density at radius 1 is 1.26 bits per heavy atom. The molecule has 0 spiro atoms. The molecular weight excluding hydrogens is 302 g/mol. The first-order chi connectivity index (χ1) is 9.26. The summed E-state index contributed by atoms with van der Waals surface area (Å²) in [6.07, 6.45) is 6.07. The van der Waals surface area contributed by atoms with E-state index >= 15 is 0 Å². The summed E-state index contributed by atoms with van der Waals surface area (Å²) < 4.78 is 7.39. The predicted molar refractivity (Wildman–Crippen MR) is 83.3 cm³/mol. The van der Waals surface area contributed by atoms with E-state index in [4.69, 9.17) is 4.74 Å². The first-order valence-corrected chi connectivity index (χ1v) is 8.13. The van der Waals surface area contributed by atoms with Gasteiger partial charge < -0.3 is 10.1 Å². The second-order valence-electron chi connectivity index (χ2n) is 5.42. The third-order valence-electron chi connectivity index (χ3n) is 3.94. The second kappa shape index (κ2) is 7.41. The number of hydrogen-bond acceptors (Lipinski definition) is 2. The van der Waals surface area contributed by atoms with E-state index in [1.54, 1.807) is 0 Å². The quantitative estimate of drug-likeness (QED) is 0.720. The number of rotatable bonds is 8. The number of hydrogen-bond donors (Lipinski definition) is 1. The van der Waals surface area contributed by atoms with Crippen LogP contribution >= 0.6 is 15.9 Å². The minimum Gasteiger partial charge on any atom is -0.370 e. The molecule has 1 N–H and O–H groups in total. The van der Waals surface area contributed by atoms with Crippen LogP contribution in [0.4, 0.5) is 0 Å². The van der Waals surface area contributed by atoms with Gasteiger partial charge in [0.15, 0.2) is 0 Å². The molecule has 0 amide bonds. The third kappa shape index (κ3) is 4.30. The lowest BCUT2D eigenvalue weighted by atomic mass is 9.77. The highest BCUT2D eigenvalue weighted by atomic mass is 79.9. The highest BCUT2D eigenvalue weighted by Gasteiger charge is 2.37. The van der Waals surface area contributed by atoms with Crippen molar-refractivity contribution in [2.75, 3.05) is 13.1 Å². The zero-order valence-electron chi connectivity index (χ0n) is 11.8. The van der Waals surface area contributed by atoms with Gasteiger partial charge in [0.05, 0.1) is 12.2 Å². The highest BCUT2D eigenvalue weighted by Crippen LogP contribution is 2.39. The van der Waals surface area contributed by atoms with Gasteiger partial charge in [-0.2, -0.15) is 0 Å². The molecule has 2 rings (SSSR count). The Balaban J connectivity index is 1.80. The first kappa shape index (κ1) is 15.0. The summed E-state index contributed by atoms with van der Waals surface area (Å²) >= 11 is 3.58. The topological polar surface area (TPSA) is 21.3 Å². The smallest absolute Gasteiger partial charge is 0.0735 e. The van der Waals surface area contributed by atoms with Gasteiger partial charge in [-0.15, -0.1) is 0 Å². The van der Waals surface area contributed by atoms with Crippen LogP contribution in [0.25, 0.3) is 0 Å². The van der Waals surface area contributed by atoms with Crippen LogP contribution in [0, 0.1) is 0 Å². The van der Waals surface area contributed by atoms with Crippen molar-refractivity contribution in [3.63, 3.8) is 0 Å². The molecule has 0 atom stereocenters. The lowest BCUT2D eigenvalue weighted by Gasteiger charge is -2.42. The molecule has 1 aliphatic rings. The van der Waals surface area contributed by atoms with Crippen molar-refractivity contribution >= 4 is 15.9 Å². The van der Waals surface area contributed by atoms with Crippen molar-refractivity contribution in [2.24, 2.45) is 0 Å². The van der Waals surface area contributed by atoms with Gasteiger partial charge in [0.1, 0.15) is 0 Å². The van der Waals surface area contributed by atoms with E-state index in [0.29, 0.717) is 0 Å².